The Morgan fingerprint density at radius 3 is 2.29 bits per heavy atom. The molecule has 0 saturated heterocycles. The van der Waals surface area contributed by atoms with Gasteiger partial charge in [-0.05, 0) is 12.8 Å². The molecule has 1 N–H and O–H groups in total. The van der Waals surface area contributed by atoms with Crippen LogP contribution < -0.4 is 4.72 Å². The van der Waals surface area contributed by atoms with Crippen LogP contribution >= 0.6 is 0 Å². The van der Waals surface area contributed by atoms with Crippen molar-refractivity contribution in [2.24, 2.45) is 0 Å². The second-order valence-corrected chi connectivity index (χ2v) is 4.85. The molecule has 0 aromatic rings. The lowest BCUT2D eigenvalue weighted by atomic mass is 9.93. The Hall–Kier alpha value is -0.270. The maximum Gasteiger partial charge on any atom is 0.335 e. The predicted octanol–water partition coefficient (Wildman–Crippen LogP) is 1.05. The molecule has 0 spiro atoms. The molecule has 0 atom stereocenters. The van der Waals surface area contributed by atoms with Gasteiger partial charge in [0.1, 0.15) is 0 Å². The van der Waals surface area contributed by atoms with Crippen LogP contribution in [-0.2, 0) is 14.5 Å². The monoisotopic (exact) mass is 229 g/mol. The van der Waals surface area contributed by atoms with Crippen LogP contribution in [0.2, 0.25) is 0 Å². The van der Waals surface area contributed by atoms with Crippen LogP contribution in [0.15, 0.2) is 0 Å². The van der Waals surface area contributed by atoms with Crippen molar-refractivity contribution in [1.29, 1.82) is 0 Å². The molecule has 4 nitrogen and oxygen atoms in total. The van der Waals surface area contributed by atoms with Crippen molar-refractivity contribution in [3.63, 3.8) is 0 Å². The lowest BCUT2D eigenvalue weighted by Crippen LogP contribution is -2.40. The Morgan fingerprint density at radius 2 is 1.86 bits per heavy atom. The number of halogens is 2. The minimum absolute atomic E-state index is 0.148. The van der Waals surface area contributed by atoms with Crippen molar-refractivity contribution in [3.05, 3.63) is 0 Å². The zero-order valence-corrected chi connectivity index (χ0v) is 8.61. The summed E-state index contributed by atoms with van der Waals surface area (Å²) in [6.45, 7) is 0. The first-order valence-electron chi connectivity index (χ1n) is 4.30. The van der Waals surface area contributed by atoms with Gasteiger partial charge in [0.05, 0.1) is 7.11 Å². The Kier molecular flexibility index (Phi) is 3.44. The lowest BCUT2D eigenvalue weighted by Gasteiger charge is -2.28. The fraction of sp³-hybridized carbons (Fsp3) is 1.00. The van der Waals surface area contributed by atoms with E-state index in [2.05, 4.69) is 8.91 Å². The summed E-state index contributed by atoms with van der Waals surface area (Å²) in [4.78, 5) is 0. The topological polar surface area (TPSA) is 55.4 Å². The van der Waals surface area contributed by atoms with E-state index < -0.39 is 22.3 Å². The highest BCUT2D eigenvalue weighted by Crippen LogP contribution is 2.33. The van der Waals surface area contributed by atoms with Crippen LogP contribution in [0.3, 0.4) is 0 Å². The van der Waals surface area contributed by atoms with Crippen molar-refractivity contribution < 1.29 is 21.4 Å². The van der Waals surface area contributed by atoms with Gasteiger partial charge in [-0.2, -0.15) is 13.1 Å². The largest absolute Gasteiger partial charge is 0.335 e. The van der Waals surface area contributed by atoms with Crippen molar-refractivity contribution >= 4 is 10.3 Å². The van der Waals surface area contributed by atoms with Gasteiger partial charge in [0.2, 0.25) is 5.92 Å². The van der Waals surface area contributed by atoms with Crippen LogP contribution in [-0.4, -0.2) is 27.5 Å². The molecule has 14 heavy (non-hydrogen) atoms. The Morgan fingerprint density at radius 1 is 1.36 bits per heavy atom. The highest BCUT2D eigenvalue weighted by Gasteiger charge is 2.36. The van der Waals surface area contributed by atoms with E-state index >= 15 is 0 Å². The van der Waals surface area contributed by atoms with Gasteiger partial charge in [-0.3, -0.25) is 4.18 Å². The third-order valence-corrected chi connectivity index (χ3v) is 3.31. The zero-order chi connectivity index (χ0) is 10.8. The van der Waals surface area contributed by atoms with Gasteiger partial charge < -0.3 is 0 Å². The van der Waals surface area contributed by atoms with Gasteiger partial charge in [0.25, 0.3) is 0 Å². The number of rotatable bonds is 3. The Labute approximate surface area is 81.9 Å². The standard InChI is InChI=1S/C7H13F2NO3S/c1-13-14(11,12)10-6-2-4-7(8,9)5-3-6/h6,10H,2-5H2,1H3. The molecule has 0 unspecified atom stereocenters. The normalized spacial score (nSPS) is 23.6. The van der Waals surface area contributed by atoms with E-state index in [1.807, 2.05) is 0 Å². The summed E-state index contributed by atoms with van der Waals surface area (Å²) in [7, 11) is -2.72. The summed E-state index contributed by atoms with van der Waals surface area (Å²) in [5.74, 6) is -2.64. The van der Waals surface area contributed by atoms with Crippen molar-refractivity contribution in [2.45, 2.75) is 37.6 Å². The van der Waals surface area contributed by atoms with Gasteiger partial charge in [-0.15, -0.1) is 0 Å². The van der Waals surface area contributed by atoms with Crippen LogP contribution in [0.1, 0.15) is 25.7 Å². The number of hydrogen-bond donors (Lipinski definition) is 1. The average Bonchev–Trinajstić information content (AvgIpc) is 2.09. The summed E-state index contributed by atoms with van der Waals surface area (Å²) < 4.78 is 53.5. The second kappa shape index (κ2) is 4.08. The minimum atomic E-state index is -3.75. The molecule has 1 fully saturated rings. The van der Waals surface area contributed by atoms with Crippen molar-refractivity contribution in [2.75, 3.05) is 7.11 Å². The van der Waals surface area contributed by atoms with Gasteiger partial charge in [-0.25, -0.2) is 8.78 Å². The highest BCUT2D eigenvalue weighted by atomic mass is 32.2. The summed E-state index contributed by atoms with van der Waals surface area (Å²) in [5, 5.41) is 0. The van der Waals surface area contributed by atoms with Crippen LogP contribution in [0, 0.1) is 0 Å². The van der Waals surface area contributed by atoms with E-state index in [1.165, 1.54) is 0 Å². The molecule has 1 saturated carbocycles. The first kappa shape index (κ1) is 11.8. The molecular weight excluding hydrogens is 216 g/mol. The molecule has 84 valence electrons. The molecular formula is C7H13F2NO3S. The van der Waals surface area contributed by atoms with Crippen LogP contribution in [0.25, 0.3) is 0 Å². The molecule has 0 aromatic heterocycles. The van der Waals surface area contributed by atoms with Gasteiger partial charge in [0.15, 0.2) is 0 Å². The van der Waals surface area contributed by atoms with E-state index in [0.29, 0.717) is 0 Å². The molecule has 0 bridgehead atoms. The number of alkyl halides is 2. The average molecular weight is 229 g/mol. The first-order chi connectivity index (χ1) is 6.35. The maximum atomic E-state index is 12.7. The van der Waals surface area contributed by atoms with E-state index in [4.69, 9.17) is 0 Å². The lowest BCUT2D eigenvalue weighted by molar-refractivity contribution is -0.0389. The Bertz CT molecular complexity index is 281. The van der Waals surface area contributed by atoms with E-state index in [-0.39, 0.29) is 25.7 Å². The van der Waals surface area contributed by atoms with Gasteiger partial charge >= 0.3 is 10.3 Å². The molecule has 0 heterocycles. The molecule has 0 amide bonds. The highest BCUT2D eigenvalue weighted by molar-refractivity contribution is 7.84. The SMILES string of the molecule is COS(=O)(=O)NC1CCC(F)(F)CC1. The molecule has 0 aromatic carbocycles. The minimum Gasteiger partial charge on any atom is -0.261 e. The van der Waals surface area contributed by atoms with Crippen molar-refractivity contribution in [3.8, 4) is 0 Å². The third-order valence-electron chi connectivity index (χ3n) is 2.25. The maximum absolute atomic E-state index is 12.7. The predicted molar refractivity (Wildman–Crippen MR) is 46.3 cm³/mol. The number of hydrogen-bond acceptors (Lipinski definition) is 3. The van der Waals surface area contributed by atoms with E-state index in [0.717, 1.165) is 7.11 Å². The zero-order valence-electron chi connectivity index (χ0n) is 7.79. The smallest absolute Gasteiger partial charge is 0.261 e. The molecule has 0 aliphatic heterocycles. The van der Waals surface area contributed by atoms with Gasteiger partial charge in [-0.1, -0.05) is 0 Å². The molecule has 1 aliphatic carbocycles. The van der Waals surface area contributed by atoms with E-state index in [9.17, 15) is 17.2 Å². The van der Waals surface area contributed by atoms with E-state index in [1.54, 1.807) is 0 Å². The summed E-state index contributed by atoms with van der Waals surface area (Å²) in [6, 6.07) is -0.431. The first-order valence-corrected chi connectivity index (χ1v) is 5.71. The summed E-state index contributed by atoms with van der Waals surface area (Å²) >= 11 is 0. The molecule has 0 radical (unpaired) electrons. The fourth-order valence-corrected chi connectivity index (χ4v) is 2.15. The summed E-state index contributed by atoms with van der Waals surface area (Å²) in [5.41, 5.74) is 0. The van der Waals surface area contributed by atoms with Crippen molar-refractivity contribution in [1.82, 2.24) is 4.72 Å². The molecule has 7 heteroatoms. The second-order valence-electron chi connectivity index (χ2n) is 3.37. The van der Waals surface area contributed by atoms with Gasteiger partial charge in [0, 0.05) is 18.9 Å². The van der Waals surface area contributed by atoms with Crippen LogP contribution in [0.5, 0.6) is 0 Å². The molecule has 1 aliphatic rings. The Balaban J connectivity index is 2.44. The molecule has 1 rings (SSSR count). The number of nitrogens with one attached hydrogen (secondary N) is 1. The van der Waals surface area contributed by atoms with Crippen LogP contribution in [0.4, 0.5) is 8.78 Å². The quantitative estimate of drug-likeness (QED) is 0.786. The third kappa shape index (κ3) is 3.47. The summed E-state index contributed by atoms with van der Waals surface area (Å²) in [6.07, 6.45) is -0.251. The fourth-order valence-electron chi connectivity index (χ4n) is 1.41.